The van der Waals surface area contributed by atoms with Gasteiger partial charge in [-0.2, -0.15) is 11.3 Å². The van der Waals surface area contributed by atoms with E-state index >= 15 is 0 Å². The lowest BCUT2D eigenvalue weighted by Crippen LogP contribution is -2.42. The van der Waals surface area contributed by atoms with E-state index in [-0.39, 0.29) is 12.0 Å². The van der Waals surface area contributed by atoms with Crippen LogP contribution in [0.4, 0.5) is 5.69 Å². The number of carbonyl (C=O) groups is 1. The molecule has 0 radical (unpaired) electrons. The van der Waals surface area contributed by atoms with Gasteiger partial charge >= 0.3 is 0 Å². The number of thiophene rings is 1. The Morgan fingerprint density at radius 3 is 2.92 bits per heavy atom. The molecule has 6 heteroatoms. The zero-order valence-electron chi connectivity index (χ0n) is 13.6. The summed E-state index contributed by atoms with van der Waals surface area (Å²) in [4.78, 5) is 21.4. The van der Waals surface area contributed by atoms with Crippen LogP contribution in [-0.4, -0.2) is 48.6 Å². The molecule has 0 N–H and O–H groups in total. The Morgan fingerprint density at radius 2 is 2.12 bits per heavy atom. The number of hydrogen-bond acceptors (Lipinski definition) is 5. The van der Waals surface area contributed by atoms with Crippen LogP contribution in [0.15, 0.2) is 35.2 Å². The van der Waals surface area contributed by atoms with Gasteiger partial charge < -0.3 is 14.5 Å². The molecule has 2 aromatic rings. The molecule has 0 bridgehead atoms. The van der Waals surface area contributed by atoms with E-state index in [1.54, 1.807) is 17.5 Å². The highest BCUT2D eigenvalue weighted by Crippen LogP contribution is 2.26. The van der Waals surface area contributed by atoms with E-state index in [2.05, 4.69) is 21.3 Å². The third-order valence-corrected chi connectivity index (χ3v) is 5.40. The van der Waals surface area contributed by atoms with Crippen LogP contribution in [-0.2, 0) is 4.74 Å². The Labute approximate surface area is 145 Å². The smallest absolute Gasteiger partial charge is 0.272 e. The lowest BCUT2D eigenvalue weighted by molar-refractivity contribution is -0.0228. The number of hydrogen-bond donors (Lipinski definition) is 0. The third-order valence-electron chi connectivity index (χ3n) is 4.70. The normalized spacial score (nSPS) is 21.2. The molecule has 4 heterocycles. The molecule has 2 saturated heterocycles. The third kappa shape index (κ3) is 3.16. The van der Waals surface area contributed by atoms with Gasteiger partial charge in [0, 0.05) is 31.5 Å². The highest BCUT2D eigenvalue weighted by atomic mass is 32.1. The van der Waals surface area contributed by atoms with Gasteiger partial charge in [-0.3, -0.25) is 9.78 Å². The Bertz CT molecular complexity index is 698. The lowest BCUT2D eigenvalue weighted by atomic mass is 10.1. The van der Waals surface area contributed by atoms with Crippen LogP contribution in [0.5, 0.6) is 0 Å². The molecular formula is C18H21N3O2S. The monoisotopic (exact) mass is 343 g/mol. The molecular weight excluding hydrogens is 322 g/mol. The lowest BCUT2D eigenvalue weighted by Gasteiger charge is -2.32. The minimum Gasteiger partial charge on any atom is -0.371 e. The van der Waals surface area contributed by atoms with Crippen LogP contribution < -0.4 is 4.90 Å². The Hall–Kier alpha value is -1.92. The molecule has 2 aromatic heterocycles. The molecule has 2 fully saturated rings. The molecule has 1 unspecified atom stereocenters. The van der Waals surface area contributed by atoms with Crippen LogP contribution in [0.1, 0.15) is 35.0 Å². The summed E-state index contributed by atoms with van der Waals surface area (Å²) in [6.45, 7) is 3.91. The van der Waals surface area contributed by atoms with Crippen LogP contribution >= 0.6 is 11.3 Å². The second-order valence-corrected chi connectivity index (χ2v) is 7.04. The minimum atomic E-state index is -0.0317. The van der Waals surface area contributed by atoms with Crippen molar-refractivity contribution in [2.24, 2.45) is 0 Å². The maximum atomic E-state index is 12.9. The van der Waals surface area contributed by atoms with Gasteiger partial charge in [-0.05, 0) is 47.4 Å². The van der Waals surface area contributed by atoms with Crippen LogP contribution in [0.25, 0.3) is 0 Å². The van der Waals surface area contributed by atoms with E-state index in [9.17, 15) is 4.79 Å². The molecule has 4 rings (SSSR count). The van der Waals surface area contributed by atoms with E-state index in [1.807, 2.05) is 22.4 Å². The average molecular weight is 343 g/mol. The highest BCUT2D eigenvalue weighted by Gasteiger charge is 2.27. The van der Waals surface area contributed by atoms with E-state index in [0.717, 1.165) is 24.3 Å². The van der Waals surface area contributed by atoms with Gasteiger partial charge in [-0.15, -0.1) is 0 Å². The molecule has 5 nitrogen and oxygen atoms in total. The summed E-state index contributed by atoms with van der Waals surface area (Å²) in [5.41, 5.74) is 2.79. The number of anilines is 1. The number of ether oxygens (including phenoxy) is 1. The van der Waals surface area contributed by atoms with Gasteiger partial charge in [-0.1, -0.05) is 0 Å². The largest absolute Gasteiger partial charge is 0.371 e. The molecule has 2 aliphatic heterocycles. The van der Waals surface area contributed by atoms with Crippen molar-refractivity contribution in [2.45, 2.75) is 18.9 Å². The van der Waals surface area contributed by atoms with Crippen molar-refractivity contribution in [3.63, 3.8) is 0 Å². The molecule has 24 heavy (non-hydrogen) atoms. The van der Waals surface area contributed by atoms with Crippen LogP contribution in [0.2, 0.25) is 0 Å². The number of nitrogens with zero attached hydrogens (tertiary/aromatic N) is 3. The fourth-order valence-corrected chi connectivity index (χ4v) is 4.07. The van der Waals surface area contributed by atoms with Crippen molar-refractivity contribution in [1.82, 2.24) is 9.88 Å². The summed E-state index contributed by atoms with van der Waals surface area (Å²) in [7, 11) is 0. The second kappa shape index (κ2) is 6.91. The maximum Gasteiger partial charge on any atom is 0.272 e. The number of morpholine rings is 1. The maximum absolute atomic E-state index is 12.9. The van der Waals surface area contributed by atoms with E-state index < -0.39 is 0 Å². The second-order valence-electron chi connectivity index (χ2n) is 6.26. The summed E-state index contributed by atoms with van der Waals surface area (Å²) in [6.07, 6.45) is 4.16. The van der Waals surface area contributed by atoms with E-state index in [1.165, 1.54) is 12.8 Å². The molecule has 2 aliphatic rings. The summed E-state index contributed by atoms with van der Waals surface area (Å²) >= 11 is 1.65. The highest BCUT2D eigenvalue weighted by molar-refractivity contribution is 7.07. The van der Waals surface area contributed by atoms with E-state index in [0.29, 0.717) is 25.4 Å². The standard InChI is InChI=1S/C18H21N3O2S/c22-18(16-11-15(3-5-19-16)20-6-1-2-7-20)21-8-9-23-17(12-21)14-4-10-24-13-14/h3-5,10-11,13,17H,1-2,6-9,12H2. The van der Waals surface area contributed by atoms with E-state index in [4.69, 9.17) is 4.74 Å². The predicted octanol–water partition coefficient (Wildman–Crippen LogP) is 2.96. The van der Waals surface area contributed by atoms with Crippen LogP contribution in [0.3, 0.4) is 0 Å². The zero-order valence-corrected chi connectivity index (χ0v) is 14.4. The fourth-order valence-electron chi connectivity index (χ4n) is 3.36. The number of aromatic nitrogens is 1. The van der Waals surface area contributed by atoms with Crippen molar-refractivity contribution >= 4 is 22.9 Å². The first-order valence-electron chi connectivity index (χ1n) is 8.45. The Kier molecular flexibility index (Phi) is 4.49. The SMILES string of the molecule is O=C(c1cc(N2CCCC2)ccn1)N1CCOC(c2ccsc2)C1. The summed E-state index contributed by atoms with van der Waals surface area (Å²) in [6, 6.07) is 5.99. The van der Waals surface area contributed by atoms with Gasteiger partial charge in [0.2, 0.25) is 0 Å². The van der Waals surface area contributed by atoms with Crippen molar-refractivity contribution in [3.8, 4) is 0 Å². The van der Waals surface area contributed by atoms with Crippen LogP contribution in [0, 0.1) is 0 Å². The van der Waals surface area contributed by atoms with Crippen molar-refractivity contribution in [1.29, 1.82) is 0 Å². The summed E-state index contributed by atoms with van der Waals surface area (Å²) in [5, 5.41) is 4.13. The molecule has 0 aliphatic carbocycles. The molecule has 0 spiro atoms. The Morgan fingerprint density at radius 1 is 1.25 bits per heavy atom. The van der Waals surface area contributed by atoms with Gasteiger partial charge in [0.05, 0.1) is 13.2 Å². The zero-order chi connectivity index (χ0) is 16.4. The van der Waals surface area contributed by atoms with Gasteiger partial charge in [0.25, 0.3) is 5.91 Å². The average Bonchev–Trinajstić information content (AvgIpc) is 3.35. The van der Waals surface area contributed by atoms with Gasteiger partial charge in [-0.25, -0.2) is 0 Å². The van der Waals surface area contributed by atoms with Crippen molar-refractivity contribution in [3.05, 3.63) is 46.4 Å². The minimum absolute atomic E-state index is 0.000392. The number of rotatable bonds is 3. The van der Waals surface area contributed by atoms with Crippen molar-refractivity contribution in [2.75, 3.05) is 37.7 Å². The quantitative estimate of drug-likeness (QED) is 0.860. The molecule has 126 valence electrons. The van der Waals surface area contributed by atoms with Gasteiger partial charge in [0.15, 0.2) is 0 Å². The molecule has 0 saturated carbocycles. The topological polar surface area (TPSA) is 45.7 Å². The first-order valence-corrected chi connectivity index (χ1v) is 9.39. The predicted molar refractivity (Wildman–Crippen MR) is 94.6 cm³/mol. The summed E-state index contributed by atoms with van der Waals surface area (Å²) < 4.78 is 5.83. The van der Waals surface area contributed by atoms with Crippen molar-refractivity contribution < 1.29 is 9.53 Å². The Balaban J connectivity index is 1.49. The molecule has 0 aromatic carbocycles. The molecule has 1 atom stereocenters. The first-order chi connectivity index (χ1) is 11.8. The number of pyridine rings is 1. The van der Waals surface area contributed by atoms with Gasteiger partial charge in [0.1, 0.15) is 11.8 Å². The molecule has 1 amide bonds. The fraction of sp³-hybridized carbons (Fsp3) is 0.444. The first kappa shape index (κ1) is 15.6. The number of amides is 1. The number of carbonyl (C=O) groups excluding carboxylic acids is 1. The summed E-state index contributed by atoms with van der Waals surface area (Å²) in [5.74, 6) is -0.000392.